The molecule has 0 unspecified atom stereocenters. The Hall–Kier alpha value is -3.28. The molecule has 2 N–H and O–H groups in total. The van der Waals surface area contributed by atoms with E-state index >= 15 is 0 Å². The molecule has 0 fully saturated rings. The third-order valence-electron chi connectivity index (χ3n) is 4.45. The second-order valence-corrected chi connectivity index (χ2v) is 6.89. The minimum atomic E-state index is -3.12. The molecular formula is C21H23F5N4O3. The second kappa shape index (κ2) is 12.7. The standard InChI is InChI=1S/C21H23F5N4O3/c1-30(6-3-2-4-8-32-20(23)24)7-5-13-9-15(16(22)10-14(13)12-31)19-28-11-17(18(27)29-19)33-21(25)26/h5,7,9-12,20-21H,2-4,6,8H2,1H3,(H2,27,28,29)/b7-5-. The summed E-state index contributed by atoms with van der Waals surface area (Å²) in [5.74, 6) is -1.80. The summed E-state index contributed by atoms with van der Waals surface area (Å²) in [6, 6.07) is 2.35. The lowest BCUT2D eigenvalue weighted by atomic mass is 10.0. The van der Waals surface area contributed by atoms with Gasteiger partial charge in [-0.2, -0.15) is 17.6 Å². The average molecular weight is 474 g/mol. The largest absolute Gasteiger partial charge is 0.429 e. The topological polar surface area (TPSA) is 90.6 Å². The molecule has 0 saturated heterocycles. The predicted molar refractivity (Wildman–Crippen MR) is 111 cm³/mol. The van der Waals surface area contributed by atoms with Crippen molar-refractivity contribution in [1.82, 2.24) is 14.9 Å². The van der Waals surface area contributed by atoms with Crippen LogP contribution in [0.1, 0.15) is 35.2 Å². The van der Waals surface area contributed by atoms with E-state index in [9.17, 15) is 26.7 Å². The van der Waals surface area contributed by atoms with Crippen molar-refractivity contribution in [1.29, 1.82) is 0 Å². The molecule has 1 aromatic carbocycles. The number of benzene rings is 1. The van der Waals surface area contributed by atoms with Gasteiger partial charge in [0.2, 0.25) is 0 Å². The van der Waals surface area contributed by atoms with Crippen LogP contribution in [0.5, 0.6) is 5.75 Å². The van der Waals surface area contributed by atoms with Crippen LogP contribution in [0.25, 0.3) is 17.5 Å². The highest BCUT2D eigenvalue weighted by atomic mass is 19.3. The van der Waals surface area contributed by atoms with E-state index in [1.165, 1.54) is 6.07 Å². The fraction of sp³-hybridized carbons (Fsp3) is 0.381. The van der Waals surface area contributed by atoms with Crippen LogP contribution >= 0.6 is 0 Å². The number of anilines is 1. The summed E-state index contributed by atoms with van der Waals surface area (Å²) >= 11 is 0. The summed E-state index contributed by atoms with van der Waals surface area (Å²) in [6.45, 7) is -5.29. The molecule has 12 heteroatoms. The molecule has 0 atom stereocenters. The molecule has 1 aromatic heterocycles. The zero-order valence-corrected chi connectivity index (χ0v) is 17.7. The predicted octanol–water partition coefficient (Wildman–Crippen LogP) is 4.59. The van der Waals surface area contributed by atoms with Gasteiger partial charge in [-0.15, -0.1) is 0 Å². The number of nitrogens with zero attached hydrogens (tertiary/aromatic N) is 3. The lowest BCUT2D eigenvalue weighted by Crippen LogP contribution is -2.12. The molecule has 2 rings (SSSR count). The number of nitrogen functional groups attached to an aromatic ring is 1. The van der Waals surface area contributed by atoms with Gasteiger partial charge in [0.15, 0.2) is 23.7 Å². The number of alkyl halides is 4. The van der Waals surface area contributed by atoms with Crippen LogP contribution in [-0.2, 0) is 4.74 Å². The molecular weight excluding hydrogens is 451 g/mol. The molecule has 0 bridgehead atoms. The smallest absolute Gasteiger partial charge is 0.387 e. The van der Waals surface area contributed by atoms with Crippen LogP contribution in [0.2, 0.25) is 0 Å². The van der Waals surface area contributed by atoms with Crippen LogP contribution in [0.3, 0.4) is 0 Å². The number of aldehydes is 1. The first-order chi connectivity index (χ1) is 15.7. The molecule has 0 aliphatic rings. The summed E-state index contributed by atoms with van der Waals surface area (Å²) < 4.78 is 71.4. The first-order valence-electron chi connectivity index (χ1n) is 9.86. The van der Waals surface area contributed by atoms with Crippen molar-refractivity contribution in [3.63, 3.8) is 0 Å². The van der Waals surface area contributed by atoms with E-state index in [1.807, 2.05) is 4.90 Å². The van der Waals surface area contributed by atoms with E-state index in [1.54, 1.807) is 19.3 Å². The first-order valence-corrected chi connectivity index (χ1v) is 9.86. The van der Waals surface area contributed by atoms with Crippen molar-refractivity contribution in [2.24, 2.45) is 0 Å². The molecule has 0 radical (unpaired) electrons. The normalized spacial score (nSPS) is 11.5. The monoisotopic (exact) mass is 474 g/mol. The number of rotatable bonds is 13. The van der Waals surface area contributed by atoms with Gasteiger partial charge in [-0.25, -0.2) is 14.4 Å². The van der Waals surface area contributed by atoms with Gasteiger partial charge in [0.05, 0.1) is 18.4 Å². The summed E-state index contributed by atoms with van der Waals surface area (Å²) in [5.41, 5.74) is 5.95. The minimum Gasteiger partial charge on any atom is -0.429 e. The number of ether oxygens (including phenoxy) is 2. The number of carbonyl (C=O) groups is 1. The maximum absolute atomic E-state index is 14.5. The van der Waals surface area contributed by atoms with Gasteiger partial charge in [0.1, 0.15) is 5.82 Å². The quantitative estimate of drug-likeness (QED) is 0.258. The molecule has 0 aliphatic heterocycles. The molecule has 33 heavy (non-hydrogen) atoms. The lowest BCUT2D eigenvalue weighted by Gasteiger charge is -2.14. The van der Waals surface area contributed by atoms with Crippen LogP contribution in [0.4, 0.5) is 27.8 Å². The maximum atomic E-state index is 14.5. The fourth-order valence-electron chi connectivity index (χ4n) is 2.82. The van der Waals surface area contributed by atoms with E-state index < -0.39 is 30.6 Å². The number of halogens is 5. The minimum absolute atomic E-state index is 0.0138. The second-order valence-electron chi connectivity index (χ2n) is 6.89. The zero-order chi connectivity index (χ0) is 24.4. The molecule has 2 aromatic rings. The zero-order valence-electron chi connectivity index (χ0n) is 17.7. The molecule has 1 heterocycles. The van der Waals surface area contributed by atoms with Crippen molar-refractivity contribution in [3.8, 4) is 17.1 Å². The molecule has 0 aliphatic carbocycles. The molecule has 7 nitrogen and oxygen atoms in total. The Bertz CT molecular complexity index is 960. The van der Waals surface area contributed by atoms with Gasteiger partial charge in [-0.1, -0.05) is 0 Å². The molecule has 0 amide bonds. The Morgan fingerprint density at radius 3 is 2.52 bits per heavy atom. The van der Waals surface area contributed by atoms with Gasteiger partial charge >= 0.3 is 13.2 Å². The van der Waals surface area contributed by atoms with Crippen molar-refractivity contribution in [2.45, 2.75) is 32.5 Å². The van der Waals surface area contributed by atoms with E-state index in [4.69, 9.17) is 5.73 Å². The first kappa shape index (κ1) is 26.0. The third-order valence-corrected chi connectivity index (χ3v) is 4.45. The Balaban J connectivity index is 2.11. The van der Waals surface area contributed by atoms with Gasteiger partial charge in [-0.05, 0) is 49.2 Å². The third kappa shape index (κ3) is 8.29. The van der Waals surface area contributed by atoms with E-state index in [0.717, 1.165) is 18.7 Å². The van der Waals surface area contributed by atoms with Crippen molar-refractivity contribution < 1.29 is 36.2 Å². The highest BCUT2D eigenvalue weighted by molar-refractivity contribution is 5.84. The molecule has 0 saturated carbocycles. The van der Waals surface area contributed by atoms with Gasteiger partial charge < -0.3 is 20.1 Å². The SMILES string of the molecule is CN(/C=C\c1cc(-c2ncc(OC(F)F)c(N)n2)c(F)cc1C=O)CCCCCOC(F)F. The van der Waals surface area contributed by atoms with Gasteiger partial charge in [0.25, 0.3) is 0 Å². The molecule has 180 valence electrons. The fourth-order valence-corrected chi connectivity index (χ4v) is 2.82. The van der Waals surface area contributed by atoms with E-state index in [2.05, 4.69) is 19.4 Å². The summed E-state index contributed by atoms with van der Waals surface area (Å²) in [5, 5.41) is 0. The number of aromatic nitrogens is 2. The number of hydrogen-bond donors (Lipinski definition) is 1. The lowest BCUT2D eigenvalue weighted by molar-refractivity contribution is -0.129. The van der Waals surface area contributed by atoms with E-state index in [-0.39, 0.29) is 23.6 Å². The number of carbonyl (C=O) groups excluding carboxylic acids is 1. The van der Waals surface area contributed by atoms with Crippen LogP contribution in [0, 0.1) is 5.82 Å². The van der Waals surface area contributed by atoms with Crippen LogP contribution in [-0.4, -0.2) is 54.6 Å². The Kier molecular flexibility index (Phi) is 9.98. The highest BCUT2D eigenvalue weighted by Crippen LogP contribution is 2.28. The highest BCUT2D eigenvalue weighted by Gasteiger charge is 2.16. The van der Waals surface area contributed by atoms with Crippen molar-refractivity contribution in [3.05, 3.63) is 41.5 Å². The molecule has 0 spiro atoms. The Morgan fingerprint density at radius 1 is 1.12 bits per heavy atom. The number of hydrogen-bond acceptors (Lipinski definition) is 7. The van der Waals surface area contributed by atoms with Gasteiger partial charge in [-0.3, -0.25) is 4.79 Å². The number of unbranched alkanes of at least 4 members (excludes halogenated alkanes) is 2. The maximum Gasteiger partial charge on any atom is 0.387 e. The summed E-state index contributed by atoms with van der Waals surface area (Å²) in [7, 11) is 1.78. The van der Waals surface area contributed by atoms with Crippen LogP contribution < -0.4 is 10.5 Å². The number of nitrogens with two attached hydrogens (primary N) is 1. The summed E-state index contributed by atoms with van der Waals surface area (Å²) in [6.07, 6.45) is 6.58. The van der Waals surface area contributed by atoms with E-state index in [0.29, 0.717) is 31.2 Å². The van der Waals surface area contributed by atoms with Crippen LogP contribution in [0.15, 0.2) is 24.5 Å². The summed E-state index contributed by atoms with van der Waals surface area (Å²) in [4.78, 5) is 20.8. The van der Waals surface area contributed by atoms with Gasteiger partial charge in [0, 0.05) is 19.2 Å². The average Bonchev–Trinajstić information content (AvgIpc) is 2.76. The Morgan fingerprint density at radius 2 is 1.88 bits per heavy atom. The van der Waals surface area contributed by atoms with Crippen molar-refractivity contribution >= 4 is 18.2 Å². The van der Waals surface area contributed by atoms with Crippen molar-refractivity contribution in [2.75, 3.05) is 25.9 Å². The Labute approximate surface area is 187 Å².